The largest absolute Gasteiger partial charge is 0.648 e. The summed E-state index contributed by atoms with van der Waals surface area (Å²) in [5.74, 6) is 0.962. The van der Waals surface area contributed by atoms with Gasteiger partial charge in [0.1, 0.15) is 0 Å². The number of hydrogen-bond donors (Lipinski definition) is 0. The van der Waals surface area contributed by atoms with Crippen LogP contribution in [0.4, 0.5) is 0 Å². The van der Waals surface area contributed by atoms with E-state index in [-0.39, 0.29) is 15.6 Å². The molecule has 0 spiro atoms. The van der Waals surface area contributed by atoms with Crippen molar-refractivity contribution in [1.82, 2.24) is 0 Å². The predicted octanol–water partition coefficient (Wildman–Crippen LogP) is 2.29. The summed E-state index contributed by atoms with van der Waals surface area (Å²) in [5, 5.41) is 0.981. The zero-order valence-electron chi connectivity index (χ0n) is 6.36. The van der Waals surface area contributed by atoms with Crippen LogP contribution in [0.25, 0.3) is 0 Å². The Morgan fingerprint density at radius 3 is 2.73 bits per heavy atom. The van der Waals surface area contributed by atoms with Crippen LogP contribution in [-0.2, 0) is 0 Å². The van der Waals surface area contributed by atoms with Gasteiger partial charge in [0.05, 0.1) is 5.75 Å². The summed E-state index contributed by atoms with van der Waals surface area (Å²) in [6, 6.07) is 9.87. The molecule has 1 radical (unpaired) electrons. The zero-order valence-corrected chi connectivity index (χ0v) is 7.52. The lowest BCUT2D eigenvalue weighted by molar-refractivity contribution is 0.596. The lowest BCUT2D eigenvalue weighted by Crippen LogP contribution is -1.98. The van der Waals surface area contributed by atoms with E-state index in [1.165, 1.54) is 0 Å². The first-order valence-corrected chi connectivity index (χ1v) is 4.86. The van der Waals surface area contributed by atoms with E-state index in [1.807, 2.05) is 36.4 Å². The molecular weight excluding hydrogens is 151 g/mol. The average Bonchev–Trinajstić information content (AvgIpc) is 2.07. The lowest BCUT2D eigenvalue weighted by atomic mass is 10.3. The smallest absolute Gasteiger partial charge is 0.527 e. The molecule has 0 aliphatic carbocycles. The fourth-order valence-electron chi connectivity index (χ4n) is 0.711. The minimum atomic E-state index is 0.0433. The Balaban J connectivity index is 2.33. The Kier molecular flexibility index (Phi) is 3.82. The average molecular weight is 161 g/mol. The highest BCUT2D eigenvalue weighted by atomic mass is 27.1. The van der Waals surface area contributed by atoms with Crippen molar-refractivity contribution in [2.45, 2.75) is 5.28 Å². The van der Waals surface area contributed by atoms with E-state index in [0.717, 1.165) is 11.0 Å². The maximum absolute atomic E-state index is 5.46. The second-order valence-electron chi connectivity index (χ2n) is 2.12. The highest BCUT2D eigenvalue weighted by Crippen LogP contribution is 2.07. The van der Waals surface area contributed by atoms with Crippen molar-refractivity contribution in [2.24, 2.45) is 0 Å². The molecule has 0 aromatic heterocycles. The molecule has 0 aliphatic rings. The molecule has 1 aromatic carbocycles. The zero-order chi connectivity index (χ0) is 7.94. The van der Waals surface area contributed by atoms with Gasteiger partial charge in [0.25, 0.3) is 0 Å². The van der Waals surface area contributed by atoms with Crippen LogP contribution in [0.2, 0.25) is 5.28 Å². The molecular formula is C9H10AlO. The summed E-state index contributed by atoms with van der Waals surface area (Å²) in [6.45, 7) is 3.63. The van der Waals surface area contributed by atoms with E-state index in [9.17, 15) is 0 Å². The first kappa shape index (κ1) is 8.39. The third-order valence-corrected chi connectivity index (χ3v) is 2.19. The number of benzene rings is 1. The predicted molar refractivity (Wildman–Crippen MR) is 47.8 cm³/mol. The lowest BCUT2D eigenvalue weighted by Gasteiger charge is -2.02. The standard InChI is InChI=1S/C6H6O.C3H5.Al/c7-6-4-2-1-3-5-6;1-3-2;/h1-5,7H;3H,1-2H2;/q;;+1/p-1. The van der Waals surface area contributed by atoms with Gasteiger partial charge in [0, 0.05) is 0 Å². The summed E-state index contributed by atoms with van der Waals surface area (Å²) >= 11 is 0.0433. The van der Waals surface area contributed by atoms with Crippen LogP contribution in [0.5, 0.6) is 5.75 Å². The molecule has 2 heteroatoms. The van der Waals surface area contributed by atoms with Crippen LogP contribution in [0.15, 0.2) is 43.0 Å². The molecule has 0 saturated carbocycles. The van der Waals surface area contributed by atoms with Gasteiger partial charge in [-0.3, -0.25) is 0 Å². The molecule has 0 atom stereocenters. The molecule has 55 valence electrons. The number of hydrogen-bond acceptors (Lipinski definition) is 1. The van der Waals surface area contributed by atoms with Gasteiger partial charge >= 0.3 is 15.6 Å². The van der Waals surface area contributed by atoms with Crippen molar-refractivity contribution >= 4 is 15.6 Å². The Bertz CT molecular complexity index is 208. The third kappa shape index (κ3) is 3.27. The van der Waals surface area contributed by atoms with Crippen LogP contribution in [-0.4, -0.2) is 15.6 Å². The van der Waals surface area contributed by atoms with Gasteiger partial charge in [0.2, 0.25) is 0 Å². The van der Waals surface area contributed by atoms with Crippen molar-refractivity contribution in [3.63, 3.8) is 0 Å². The van der Waals surface area contributed by atoms with Crippen LogP contribution in [0.3, 0.4) is 0 Å². The van der Waals surface area contributed by atoms with E-state index in [4.69, 9.17) is 3.79 Å². The molecule has 1 aromatic rings. The molecule has 0 N–H and O–H groups in total. The van der Waals surface area contributed by atoms with Gasteiger partial charge in [-0.1, -0.05) is 18.2 Å². The van der Waals surface area contributed by atoms with Crippen LogP contribution >= 0.6 is 0 Å². The van der Waals surface area contributed by atoms with Gasteiger partial charge in [-0.2, -0.15) is 0 Å². The molecule has 0 aliphatic heterocycles. The number of rotatable bonds is 4. The summed E-state index contributed by atoms with van der Waals surface area (Å²) in [7, 11) is 0. The molecule has 0 fully saturated rings. The van der Waals surface area contributed by atoms with Crippen molar-refractivity contribution in [1.29, 1.82) is 0 Å². The Labute approximate surface area is 73.7 Å². The van der Waals surface area contributed by atoms with E-state index in [0.29, 0.717) is 0 Å². The van der Waals surface area contributed by atoms with Crippen molar-refractivity contribution in [2.75, 3.05) is 0 Å². The minimum Gasteiger partial charge on any atom is -0.648 e. The molecule has 1 rings (SSSR count). The molecule has 1 nitrogen and oxygen atoms in total. The molecule has 0 amide bonds. The number of allylic oxidation sites excluding steroid dienone is 1. The fourth-order valence-corrected chi connectivity index (χ4v) is 1.29. The van der Waals surface area contributed by atoms with E-state index < -0.39 is 0 Å². The van der Waals surface area contributed by atoms with E-state index in [1.54, 1.807) is 0 Å². The van der Waals surface area contributed by atoms with Gasteiger partial charge in [-0.15, -0.1) is 12.7 Å². The molecule has 0 bridgehead atoms. The monoisotopic (exact) mass is 161 g/mol. The SMILES string of the molecule is C=C[CH2][Al][O]c1ccccc1. The maximum atomic E-state index is 5.46. The topological polar surface area (TPSA) is 9.23 Å². The number of para-hydroxylation sites is 1. The summed E-state index contributed by atoms with van der Waals surface area (Å²) in [4.78, 5) is 0. The summed E-state index contributed by atoms with van der Waals surface area (Å²) in [6.07, 6.45) is 1.89. The molecule has 0 unspecified atom stereocenters. The van der Waals surface area contributed by atoms with Gasteiger partial charge < -0.3 is 3.79 Å². The Hall–Kier alpha value is -0.708. The quantitative estimate of drug-likeness (QED) is 0.374. The highest BCUT2D eigenvalue weighted by molar-refractivity contribution is 6.29. The van der Waals surface area contributed by atoms with Crippen molar-refractivity contribution in [3.05, 3.63) is 43.0 Å². The fraction of sp³-hybridized carbons (Fsp3) is 0.111. The second kappa shape index (κ2) is 5.01. The third-order valence-electron chi connectivity index (χ3n) is 1.23. The second-order valence-corrected chi connectivity index (χ2v) is 3.16. The molecule has 0 saturated heterocycles. The Morgan fingerprint density at radius 2 is 2.09 bits per heavy atom. The van der Waals surface area contributed by atoms with Crippen LogP contribution in [0, 0.1) is 0 Å². The maximum Gasteiger partial charge on any atom is 0.527 e. The van der Waals surface area contributed by atoms with Crippen LogP contribution < -0.4 is 3.79 Å². The first-order valence-electron chi connectivity index (χ1n) is 3.58. The van der Waals surface area contributed by atoms with Gasteiger partial charge in [-0.05, 0) is 17.4 Å². The van der Waals surface area contributed by atoms with Crippen molar-refractivity contribution in [3.8, 4) is 5.75 Å². The summed E-state index contributed by atoms with van der Waals surface area (Å²) in [5.41, 5.74) is 0. The van der Waals surface area contributed by atoms with E-state index in [2.05, 4.69) is 6.58 Å². The first-order chi connectivity index (χ1) is 5.43. The molecule has 0 heterocycles. The van der Waals surface area contributed by atoms with E-state index >= 15 is 0 Å². The van der Waals surface area contributed by atoms with Crippen molar-refractivity contribution < 1.29 is 3.79 Å². The van der Waals surface area contributed by atoms with Gasteiger partial charge in [0.15, 0.2) is 0 Å². The van der Waals surface area contributed by atoms with Crippen LogP contribution in [0.1, 0.15) is 0 Å². The molecule has 11 heavy (non-hydrogen) atoms. The normalized spacial score (nSPS) is 8.73. The summed E-state index contributed by atoms with van der Waals surface area (Å²) < 4.78 is 5.46. The minimum absolute atomic E-state index is 0.0433. The Morgan fingerprint density at radius 1 is 1.36 bits per heavy atom. The highest BCUT2D eigenvalue weighted by Gasteiger charge is 1.93. The van der Waals surface area contributed by atoms with Gasteiger partial charge in [-0.25, -0.2) is 0 Å².